The molecular weight excluding hydrogens is 144 g/mol. The van der Waals surface area contributed by atoms with E-state index < -0.39 is 0 Å². The average Bonchev–Trinajstić information content (AvgIpc) is 2.33. The minimum Gasteiger partial charge on any atom is -0.360 e. The molecule has 0 N–H and O–H groups in total. The molecule has 2 heterocycles. The second kappa shape index (κ2) is 2.09. The minimum absolute atomic E-state index is 1.01. The van der Waals surface area contributed by atoms with Gasteiger partial charge < -0.3 is 4.90 Å². The van der Waals surface area contributed by atoms with Gasteiger partial charge in [-0.3, -0.25) is 0 Å². The smallest absolute Gasteiger partial charge is 0.0913 e. The molecule has 0 bridgehead atoms. The third-order valence-electron chi connectivity index (χ3n) is 1.51. The molecule has 2 nitrogen and oxygen atoms in total. The summed E-state index contributed by atoms with van der Waals surface area (Å²) in [5.74, 6) is 0. The Labute approximate surface area is 63.8 Å². The monoisotopic (exact) mass is 152 g/mol. The fourth-order valence-corrected chi connectivity index (χ4v) is 1.88. The quantitative estimate of drug-likeness (QED) is 0.554. The maximum atomic E-state index is 4.25. The van der Waals surface area contributed by atoms with Gasteiger partial charge in [0.25, 0.3) is 0 Å². The van der Waals surface area contributed by atoms with Gasteiger partial charge in [0.15, 0.2) is 0 Å². The normalized spacial score (nSPS) is 15.5. The highest BCUT2D eigenvalue weighted by Gasteiger charge is 2.08. The lowest BCUT2D eigenvalue weighted by Crippen LogP contribution is -2.16. The van der Waals surface area contributed by atoms with Crippen molar-refractivity contribution in [3.63, 3.8) is 0 Å². The Kier molecular flexibility index (Phi) is 1.24. The summed E-state index contributed by atoms with van der Waals surface area (Å²) in [5, 5.41) is 2.08. The second-order valence-electron chi connectivity index (χ2n) is 2.39. The van der Waals surface area contributed by atoms with E-state index in [0.717, 1.165) is 12.2 Å². The van der Waals surface area contributed by atoms with Crippen LogP contribution in [0.5, 0.6) is 0 Å². The molecule has 0 unspecified atom stereocenters. The zero-order chi connectivity index (χ0) is 6.97. The molecule has 0 radical (unpaired) electrons. The summed E-state index contributed by atoms with van der Waals surface area (Å²) >= 11 is 1.77. The van der Waals surface area contributed by atoms with E-state index in [9.17, 15) is 0 Å². The standard InChI is InChI=1S/C7H8N2S/c1-9-4-7-6(8-5-9)2-3-10-7/h2-3,5H,4H2,1H3. The van der Waals surface area contributed by atoms with Crippen LogP contribution in [0.15, 0.2) is 16.4 Å². The van der Waals surface area contributed by atoms with Crippen LogP contribution >= 0.6 is 11.3 Å². The molecule has 1 aliphatic heterocycles. The van der Waals surface area contributed by atoms with Crippen molar-refractivity contribution < 1.29 is 0 Å². The number of nitrogens with zero attached hydrogens (tertiary/aromatic N) is 2. The molecule has 1 aromatic rings. The molecule has 0 saturated heterocycles. The highest BCUT2D eigenvalue weighted by Crippen LogP contribution is 2.28. The number of rotatable bonds is 0. The molecule has 0 saturated carbocycles. The topological polar surface area (TPSA) is 15.6 Å². The molecule has 1 aliphatic rings. The van der Waals surface area contributed by atoms with Crippen molar-refractivity contribution in [3.05, 3.63) is 16.3 Å². The van der Waals surface area contributed by atoms with Crippen molar-refractivity contribution >= 4 is 23.4 Å². The first-order valence-corrected chi connectivity index (χ1v) is 4.05. The van der Waals surface area contributed by atoms with E-state index in [1.54, 1.807) is 11.3 Å². The second-order valence-corrected chi connectivity index (χ2v) is 3.39. The number of aliphatic imine (C=N–C) groups is 1. The Hall–Kier alpha value is -0.830. The Balaban J connectivity index is 2.43. The van der Waals surface area contributed by atoms with E-state index >= 15 is 0 Å². The SMILES string of the molecule is CN1C=Nc2ccsc2C1. The summed E-state index contributed by atoms with van der Waals surface area (Å²) in [6.07, 6.45) is 1.87. The zero-order valence-corrected chi connectivity index (χ0v) is 6.56. The lowest BCUT2D eigenvalue weighted by Gasteiger charge is -2.15. The van der Waals surface area contributed by atoms with Crippen molar-refractivity contribution in [2.24, 2.45) is 4.99 Å². The maximum absolute atomic E-state index is 4.25. The third-order valence-corrected chi connectivity index (χ3v) is 2.40. The molecular formula is C7H8N2S. The molecule has 0 fully saturated rings. The highest BCUT2D eigenvalue weighted by atomic mass is 32.1. The molecule has 0 spiro atoms. The largest absolute Gasteiger partial charge is 0.360 e. The predicted molar refractivity (Wildman–Crippen MR) is 43.9 cm³/mol. The minimum atomic E-state index is 1.01. The van der Waals surface area contributed by atoms with Crippen LogP contribution in [0, 0.1) is 0 Å². The van der Waals surface area contributed by atoms with Gasteiger partial charge in [0.1, 0.15) is 0 Å². The first-order chi connectivity index (χ1) is 4.86. The molecule has 0 aromatic carbocycles. The fraction of sp³-hybridized carbons (Fsp3) is 0.286. The van der Waals surface area contributed by atoms with E-state index in [1.165, 1.54) is 4.88 Å². The van der Waals surface area contributed by atoms with Crippen molar-refractivity contribution in [3.8, 4) is 0 Å². The maximum Gasteiger partial charge on any atom is 0.0913 e. The van der Waals surface area contributed by atoms with Crippen LogP contribution in [0.4, 0.5) is 5.69 Å². The van der Waals surface area contributed by atoms with Crippen molar-refractivity contribution in [1.29, 1.82) is 0 Å². The number of fused-ring (bicyclic) bond motifs is 1. The van der Waals surface area contributed by atoms with E-state index in [1.807, 2.05) is 13.4 Å². The van der Waals surface area contributed by atoms with E-state index in [0.29, 0.717) is 0 Å². The lowest BCUT2D eigenvalue weighted by molar-refractivity contribution is 0.515. The molecule has 3 heteroatoms. The van der Waals surface area contributed by atoms with Gasteiger partial charge in [0, 0.05) is 11.9 Å². The Bertz CT molecular complexity index is 264. The van der Waals surface area contributed by atoms with Gasteiger partial charge in [-0.05, 0) is 11.4 Å². The van der Waals surface area contributed by atoms with Crippen molar-refractivity contribution in [2.45, 2.75) is 6.54 Å². The summed E-state index contributed by atoms with van der Waals surface area (Å²) < 4.78 is 0. The number of thiophene rings is 1. The van der Waals surface area contributed by atoms with Gasteiger partial charge in [0.2, 0.25) is 0 Å². The molecule has 52 valence electrons. The summed E-state index contributed by atoms with van der Waals surface area (Å²) in [6, 6.07) is 2.06. The molecule has 0 aliphatic carbocycles. The van der Waals surface area contributed by atoms with Crippen molar-refractivity contribution in [1.82, 2.24) is 4.90 Å². The number of hydrogen-bond donors (Lipinski definition) is 0. The molecule has 1 aromatic heterocycles. The molecule has 0 amide bonds. The highest BCUT2D eigenvalue weighted by molar-refractivity contribution is 7.10. The van der Waals surface area contributed by atoms with E-state index in [2.05, 4.69) is 21.3 Å². The van der Waals surface area contributed by atoms with Gasteiger partial charge >= 0.3 is 0 Å². The first-order valence-electron chi connectivity index (χ1n) is 3.17. The summed E-state index contributed by atoms with van der Waals surface area (Å²) in [6.45, 7) is 1.01. The van der Waals surface area contributed by atoms with E-state index in [4.69, 9.17) is 0 Å². The summed E-state index contributed by atoms with van der Waals surface area (Å²) in [5.41, 5.74) is 1.14. The summed E-state index contributed by atoms with van der Waals surface area (Å²) in [4.78, 5) is 7.69. The Morgan fingerprint density at radius 2 is 2.60 bits per heavy atom. The molecule has 0 atom stereocenters. The van der Waals surface area contributed by atoms with Crippen LogP contribution in [0.25, 0.3) is 0 Å². The Morgan fingerprint density at radius 3 is 3.50 bits per heavy atom. The van der Waals surface area contributed by atoms with Crippen LogP contribution in [0.3, 0.4) is 0 Å². The van der Waals surface area contributed by atoms with E-state index in [-0.39, 0.29) is 0 Å². The number of hydrogen-bond acceptors (Lipinski definition) is 3. The van der Waals surface area contributed by atoms with Crippen LogP contribution in [-0.2, 0) is 6.54 Å². The lowest BCUT2D eigenvalue weighted by atomic mass is 10.3. The van der Waals surface area contributed by atoms with Gasteiger partial charge in [-0.15, -0.1) is 11.3 Å². The fourth-order valence-electron chi connectivity index (χ4n) is 0.995. The molecule has 2 rings (SSSR count). The summed E-state index contributed by atoms with van der Waals surface area (Å²) in [7, 11) is 2.03. The molecule has 10 heavy (non-hydrogen) atoms. The van der Waals surface area contributed by atoms with Crippen LogP contribution < -0.4 is 0 Å². The third kappa shape index (κ3) is 0.827. The Morgan fingerprint density at radius 1 is 1.70 bits per heavy atom. The van der Waals surface area contributed by atoms with Crippen LogP contribution in [0.2, 0.25) is 0 Å². The zero-order valence-electron chi connectivity index (χ0n) is 5.74. The van der Waals surface area contributed by atoms with Gasteiger partial charge in [-0.2, -0.15) is 0 Å². The van der Waals surface area contributed by atoms with Crippen LogP contribution in [0.1, 0.15) is 4.88 Å². The average molecular weight is 152 g/mol. The first kappa shape index (κ1) is 5.92. The van der Waals surface area contributed by atoms with Crippen molar-refractivity contribution in [2.75, 3.05) is 7.05 Å². The van der Waals surface area contributed by atoms with Gasteiger partial charge in [-0.25, -0.2) is 4.99 Å². The van der Waals surface area contributed by atoms with Crippen LogP contribution in [-0.4, -0.2) is 18.3 Å². The van der Waals surface area contributed by atoms with Gasteiger partial charge in [-0.1, -0.05) is 0 Å². The van der Waals surface area contributed by atoms with Gasteiger partial charge in [0.05, 0.1) is 18.6 Å². The predicted octanol–water partition coefficient (Wildman–Crippen LogP) is 1.85.